The van der Waals surface area contributed by atoms with Gasteiger partial charge < -0.3 is 50.3 Å². The van der Waals surface area contributed by atoms with Crippen LogP contribution in [0.25, 0.3) is 0 Å². The van der Waals surface area contributed by atoms with E-state index in [9.17, 15) is 49.3 Å². The van der Waals surface area contributed by atoms with Crippen LogP contribution in [-0.2, 0) is 24.0 Å². The molecular formula is C19H28O13S. The Hall–Kier alpha value is -1.27. The van der Waals surface area contributed by atoms with E-state index < -0.39 is 88.2 Å². The number of hydrogen-bond acceptors (Lipinski definition) is 13. The Bertz CT molecular complexity index is 922. The molecule has 13 nitrogen and oxygen atoms in total. The number of benzene rings is 1. The molecule has 3 rings (SSSR count). The Morgan fingerprint density at radius 3 is 1.88 bits per heavy atom. The molecule has 2 aliphatic heterocycles. The molecule has 0 amide bonds. The molecule has 9 atom stereocenters. The minimum absolute atomic E-state index is 0.479. The highest BCUT2D eigenvalue weighted by molar-refractivity contribution is 7.92. The summed E-state index contributed by atoms with van der Waals surface area (Å²) in [5, 5.41) is 77.6. The lowest BCUT2D eigenvalue weighted by atomic mass is 9.98. The highest BCUT2D eigenvalue weighted by atomic mass is 32.2. The lowest BCUT2D eigenvalue weighted by Crippen LogP contribution is -2.72. The number of ether oxygens (including phenoxy) is 3. The smallest absolute Gasteiger partial charge is 0.311 e. The summed E-state index contributed by atoms with van der Waals surface area (Å²) in [5.74, 6) is -2.76. The van der Waals surface area contributed by atoms with Crippen LogP contribution in [0, 0.1) is 6.92 Å². The molecule has 1 unspecified atom stereocenters. The molecule has 0 spiro atoms. The van der Waals surface area contributed by atoms with Crippen LogP contribution in [0.5, 0.6) is 0 Å². The van der Waals surface area contributed by atoms with E-state index in [1.54, 1.807) is 6.92 Å². The zero-order chi connectivity index (χ0) is 24.8. The highest BCUT2D eigenvalue weighted by Gasteiger charge is 2.68. The Balaban J connectivity index is 2.21. The molecule has 33 heavy (non-hydrogen) atoms. The second-order valence-electron chi connectivity index (χ2n) is 8.03. The predicted octanol–water partition coefficient (Wildman–Crippen LogP) is -4.29. The summed E-state index contributed by atoms with van der Waals surface area (Å²) in [6.07, 6.45) is -14.0. The first kappa shape index (κ1) is 26.3. The number of rotatable bonds is 7. The third kappa shape index (κ3) is 4.09. The molecule has 0 aliphatic carbocycles. The second kappa shape index (κ2) is 9.41. The van der Waals surface area contributed by atoms with Gasteiger partial charge in [0.15, 0.2) is 6.10 Å². The van der Waals surface area contributed by atoms with E-state index in [1.165, 1.54) is 12.1 Å². The fraction of sp³-hybridized carbons (Fsp3) is 0.684. The van der Waals surface area contributed by atoms with Crippen LogP contribution in [0.1, 0.15) is 5.56 Å². The van der Waals surface area contributed by atoms with Gasteiger partial charge in [0.2, 0.25) is 15.6 Å². The van der Waals surface area contributed by atoms with E-state index in [0.717, 1.165) is 12.1 Å². The molecule has 0 radical (unpaired) electrons. The summed E-state index contributed by atoms with van der Waals surface area (Å²) in [6, 6.07) is 5.11. The van der Waals surface area contributed by atoms with Crippen molar-refractivity contribution in [3.8, 4) is 0 Å². The minimum Gasteiger partial charge on any atom is -0.394 e. The standard InChI is InChI=1S/C19H28O13S/c1-9-2-4-10(5-3-9)33(28,29)19(17(27)15(25)13(23)11(6-20)31-19)32-18(8-22)16(26)14(24)12(7-21)30-18/h2-5,11-17,20-27H,6-8H2,1H3/t11-,12-,13-,14-,15+,16+,17-,18?,19-/m1/s1. The van der Waals surface area contributed by atoms with Crippen molar-refractivity contribution in [3.63, 3.8) is 0 Å². The zero-order valence-corrected chi connectivity index (χ0v) is 18.3. The maximum atomic E-state index is 13.7. The molecular weight excluding hydrogens is 468 g/mol. The number of hydrogen-bond donors (Lipinski definition) is 8. The monoisotopic (exact) mass is 496 g/mol. The molecule has 0 bridgehead atoms. The molecule has 0 aromatic heterocycles. The molecule has 2 fully saturated rings. The molecule has 14 heteroatoms. The topological polar surface area (TPSA) is 224 Å². The maximum absolute atomic E-state index is 13.7. The van der Waals surface area contributed by atoms with Crippen LogP contribution >= 0.6 is 0 Å². The normalized spacial score (nSPS) is 41.9. The fourth-order valence-corrected chi connectivity index (χ4v) is 5.63. The molecule has 188 valence electrons. The molecule has 8 N–H and O–H groups in total. The molecule has 2 heterocycles. The van der Waals surface area contributed by atoms with Gasteiger partial charge in [0.1, 0.15) is 43.2 Å². The van der Waals surface area contributed by atoms with Crippen molar-refractivity contribution in [1.82, 2.24) is 0 Å². The Kier molecular flexibility index (Phi) is 7.51. The van der Waals surface area contributed by atoms with E-state index in [2.05, 4.69) is 0 Å². The van der Waals surface area contributed by atoms with Crippen LogP contribution < -0.4 is 0 Å². The van der Waals surface area contributed by atoms with Crippen molar-refractivity contribution in [2.24, 2.45) is 0 Å². The first-order valence-corrected chi connectivity index (χ1v) is 11.5. The average molecular weight is 496 g/mol. The van der Waals surface area contributed by atoms with Crippen molar-refractivity contribution in [3.05, 3.63) is 29.8 Å². The van der Waals surface area contributed by atoms with Gasteiger partial charge in [-0.1, -0.05) is 17.7 Å². The van der Waals surface area contributed by atoms with Gasteiger partial charge >= 0.3 is 5.12 Å². The van der Waals surface area contributed by atoms with Crippen LogP contribution in [0.15, 0.2) is 29.2 Å². The van der Waals surface area contributed by atoms with Crippen LogP contribution in [-0.4, -0.2) is 123 Å². The van der Waals surface area contributed by atoms with Gasteiger partial charge in [-0.05, 0) is 19.1 Å². The van der Waals surface area contributed by atoms with Crippen LogP contribution in [0.3, 0.4) is 0 Å². The SMILES string of the molecule is Cc1ccc(S(=O)(=O)[C@@]2(OC3(CO)O[C@H](CO)[C@@H](O)[C@@H]3O)O[C@H](CO)[C@@H](O)[C@H](O)[C@H]2O)cc1. The minimum atomic E-state index is -5.01. The summed E-state index contributed by atoms with van der Waals surface area (Å²) in [4.78, 5) is -0.479. The van der Waals surface area contributed by atoms with Crippen LogP contribution in [0.4, 0.5) is 0 Å². The lowest BCUT2D eigenvalue weighted by Gasteiger charge is -2.49. The number of aliphatic hydroxyl groups excluding tert-OH is 8. The third-order valence-electron chi connectivity index (χ3n) is 5.84. The van der Waals surface area contributed by atoms with E-state index >= 15 is 0 Å². The molecule has 2 aliphatic rings. The average Bonchev–Trinajstić information content (AvgIpc) is 3.04. The highest BCUT2D eigenvalue weighted by Crippen LogP contribution is 2.45. The molecule has 1 aromatic carbocycles. The summed E-state index contributed by atoms with van der Waals surface area (Å²) < 4.78 is 43.5. The van der Waals surface area contributed by atoms with Gasteiger partial charge in [0.05, 0.1) is 18.1 Å². The summed E-state index contributed by atoms with van der Waals surface area (Å²) in [5.41, 5.74) is 0.674. The van der Waals surface area contributed by atoms with Gasteiger partial charge in [-0.3, -0.25) is 4.74 Å². The first-order chi connectivity index (χ1) is 15.4. The maximum Gasteiger partial charge on any atom is 0.311 e. The van der Waals surface area contributed by atoms with E-state index in [-0.39, 0.29) is 0 Å². The Morgan fingerprint density at radius 1 is 0.848 bits per heavy atom. The van der Waals surface area contributed by atoms with Gasteiger partial charge in [0, 0.05) is 0 Å². The lowest BCUT2D eigenvalue weighted by molar-refractivity contribution is -0.402. The van der Waals surface area contributed by atoms with E-state index in [1.807, 2.05) is 0 Å². The van der Waals surface area contributed by atoms with Gasteiger partial charge in [0.25, 0.3) is 0 Å². The Labute approximate surface area is 188 Å². The first-order valence-electron chi connectivity index (χ1n) is 10.0. The number of aliphatic hydroxyl groups is 8. The van der Waals surface area contributed by atoms with Crippen molar-refractivity contribution in [1.29, 1.82) is 0 Å². The largest absolute Gasteiger partial charge is 0.394 e. The second-order valence-corrected chi connectivity index (χ2v) is 10.1. The van der Waals surface area contributed by atoms with Crippen molar-refractivity contribution < 1.29 is 63.5 Å². The molecule has 1 aromatic rings. The zero-order valence-electron chi connectivity index (χ0n) is 17.5. The van der Waals surface area contributed by atoms with Crippen molar-refractivity contribution in [2.45, 2.75) is 65.5 Å². The van der Waals surface area contributed by atoms with Gasteiger partial charge in [-0.25, -0.2) is 8.42 Å². The van der Waals surface area contributed by atoms with E-state index in [4.69, 9.17) is 14.2 Å². The quantitative estimate of drug-likeness (QED) is 0.179. The third-order valence-corrected chi connectivity index (χ3v) is 7.90. The molecule has 0 saturated carbocycles. The van der Waals surface area contributed by atoms with Gasteiger partial charge in [-0.2, -0.15) is 0 Å². The van der Waals surface area contributed by atoms with Crippen molar-refractivity contribution >= 4 is 9.84 Å². The molecule has 2 saturated heterocycles. The number of aryl methyl sites for hydroxylation is 1. The van der Waals surface area contributed by atoms with Crippen molar-refractivity contribution in [2.75, 3.05) is 19.8 Å². The fourth-order valence-electron chi connectivity index (χ4n) is 3.85. The summed E-state index contributed by atoms with van der Waals surface area (Å²) >= 11 is 0. The van der Waals surface area contributed by atoms with E-state index in [0.29, 0.717) is 5.56 Å². The summed E-state index contributed by atoms with van der Waals surface area (Å²) in [6.45, 7) is -1.48. The van der Waals surface area contributed by atoms with Gasteiger partial charge in [-0.15, -0.1) is 0 Å². The number of sulfone groups is 1. The summed E-state index contributed by atoms with van der Waals surface area (Å²) in [7, 11) is -5.01. The predicted molar refractivity (Wildman–Crippen MR) is 106 cm³/mol. The Morgan fingerprint density at radius 2 is 1.39 bits per heavy atom. The van der Waals surface area contributed by atoms with Crippen LogP contribution in [0.2, 0.25) is 0 Å².